The maximum atomic E-state index is 12.3. The summed E-state index contributed by atoms with van der Waals surface area (Å²) in [6, 6.07) is 11.4. The van der Waals surface area contributed by atoms with E-state index in [1.807, 2.05) is 30.3 Å². The Morgan fingerprint density at radius 1 is 1.18 bits per heavy atom. The maximum absolute atomic E-state index is 12.3. The third-order valence-electron chi connectivity index (χ3n) is 5.27. The molecule has 0 bridgehead atoms. The van der Waals surface area contributed by atoms with Crippen molar-refractivity contribution in [3.05, 3.63) is 58.5 Å². The molecule has 0 aliphatic carbocycles. The summed E-state index contributed by atoms with van der Waals surface area (Å²) in [6.07, 6.45) is 1.78. The third kappa shape index (κ3) is 5.23. The minimum absolute atomic E-state index is 0.105. The van der Waals surface area contributed by atoms with Gasteiger partial charge in [0.2, 0.25) is 6.79 Å². The molecule has 174 valence electrons. The quantitative estimate of drug-likeness (QED) is 0.386. The van der Waals surface area contributed by atoms with Crippen molar-refractivity contribution in [2.75, 3.05) is 21.0 Å². The number of hydrogen-bond donors (Lipinski definition) is 0. The molecule has 0 atom stereocenters. The Kier molecular flexibility index (Phi) is 7.35. The minimum atomic E-state index is -0.326. The van der Waals surface area contributed by atoms with Gasteiger partial charge in [-0.2, -0.15) is 0 Å². The first kappa shape index (κ1) is 23.3. The first-order chi connectivity index (χ1) is 16.0. The second-order valence-electron chi connectivity index (χ2n) is 7.44. The molecule has 33 heavy (non-hydrogen) atoms. The molecule has 0 saturated heterocycles. The van der Waals surface area contributed by atoms with E-state index in [2.05, 4.69) is 11.5 Å². The zero-order valence-corrected chi connectivity index (χ0v) is 20.3. The Balaban J connectivity index is 1.74. The van der Waals surface area contributed by atoms with E-state index in [9.17, 15) is 4.79 Å². The summed E-state index contributed by atoms with van der Waals surface area (Å²) in [6.45, 7) is 2.73. The Labute approximate surface area is 202 Å². The number of halogens is 1. The fourth-order valence-electron chi connectivity index (χ4n) is 3.58. The Morgan fingerprint density at radius 3 is 2.58 bits per heavy atom. The number of fused-ring (bicyclic) bond motifs is 1. The summed E-state index contributed by atoms with van der Waals surface area (Å²) >= 11 is 8.07. The molecule has 0 radical (unpaired) electrons. The second kappa shape index (κ2) is 10.4. The molecule has 0 amide bonds. The average molecular weight is 489 g/mol. The fraction of sp³-hybridized carbons (Fsp3) is 0.333. The Bertz CT molecular complexity index is 1150. The lowest BCUT2D eigenvalue weighted by molar-refractivity contribution is -0.139. The molecule has 1 aliphatic rings. The van der Waals surface area contributed by atoms with E-state index in [0.29, 0.717) is 23.1 Å². The summed E-state index contributed by atoms with van der Waals surface area (Å²) in [7, 11) is 3.03. The normalized spacial score (nSPS) is 12.1. The predicted molar refractivity (Wildman–Crippen MR) is 126 cm³/mol. The van der Waals surface area contributed by atoms with Crippen LogP contribution in [-0.2, 0) is 28.9 Å². The molecule has 2 heterocycles. The Morgan fingerprint density at radius 2 is 1.91 bits per heavy atom. The summed E-state index contributed by atoms with van der Waals surface area (Å²) < 4.78 is 23.3. The van der Waals surface area contributed by atoms with Crippen LogP contribution in [0, 0.1) is 0 Å². The van der Waals surface area contributed by atoms with Gasteiger partial charge in [0.15, 0.2) is 11.5 Å². The van der Waals surface area contributed by atoms with Crippen molar-refractivity contribution in [3.63, 3.8) is 0 Å². The van der Waals surface area contributed by atoms with Crippen LogP contribution in [0.5, 0.6) is 17.2 Å². The van der Waals surface area contributed by atoms with Crippen LogP contribution < -0.4 is 14.2 Å². The van der Waals surface area contributed by atoms with Crippen molar-refractivity contribution in [3.8, 4) is 17.2 Å². The number of methoxy groups -OCH3 is 2. The van der Waals surface area contributed by atoms with E-state index in [1.165, 1.54) is 18.9 Å². The highest BCUT2D eigenvalue weighted by Gasteiger charge is 2.23. The molecule has 2 aromatic carbocycles. The molecule has 0 N–H and O–H groups in total. The first-order valence-corrected chi connectivity index (χ1v) is 11.8. The lowest BCUT2D eigenvalue weighted by atomic mass is 10.2. The lowest BCUT2D eigenvalue weighted by Gasteiger charge is -2.14. The topological polar surface area (TPSA) is 71.8 Å². The summed E-state index contributed by atoms with van der Waals surface area (Å²) in [4.78, 5) is 18.2. The number of aryl methyl sites for hydroxylation is 1. The van der Waals surface area contributed by atoms with Gasteiger partial charge in [-0.05, 0) is 42.3 Å². The van der Waals surface area contributed by atoms with Crippen LogP contribution in [0.15, 0.2) is 46.3 Å². The molecule has 0 saturated carbocycles. The SMILES string of the molecule is CCCc1nc(Sc2ccc(OC)cc2)c(CC(=O)OC)n1Cc1cc2c(cc1Cl)OCO2. The van der Waals surface area contributed by atoms with E-state index in [4.69, 9.17) is 35.5 Å². The van der Waals surface area contributed by atoms with Gasteiger partial charge in [0.25, 0.3) is 0 Å². The number of esters is 1. The van der Waals surface area contributed by atoms with E-state index in [0.717, 1.165) is 45.6 Å². The molecule has 3 aromatic rings. The molecule has 0 spiro atoms. The van der Waals surface area contributed by atoms with E-state index >= 15 is 0 Å². The molecule has 9 heteroatoms. The van der Waals surface area contributed by atoms with Crippen LogP contribution in [-0.4, -0.2) is 36.5 Å². The monoisotopic (exact) mass is 488 g/mol. The van der Waals surface area contributed by atoms with Crippen molar-refractivity contribution in [2.45, 2.75) is 42.7 Å². The first-order valence-electron chi connectivity index (χ1n) is 10.6. The molecule has 0 fully saturated rings. The van der Waals surface area contributed by atoms with E-state index in [-0.39, 0.29) is 19.2 Å². The van der Waals surface area contributed by atoms with Crippen molar-refractivity contribution < 1.29 is 23.7 Å². The van der Waals surface area contributed by atoms with Crippen molar-refractivity contribution in [2.24, 2.45) is 0 Å². The van der Waals surface area contributed by atoms with Crippen molar-refractivity contribution in [1.82, 2.24) is 9.55 Å². The van der Waals surface area contributed by atoms with Crippen molar-refractivity contribution in [1.29, 1.82) is 0 Å². The predicted octanol–water partition coefficient (Wildman–Crippen LogP) is 5.14. The van der Waals surface area contributed by atoms with Crippen LogP contribution >= 0.6 is 23.4 Å². The highest BCUT2D eigenvalue weighted by Crippen LogP contribution is 2.38. The standard InChI is InChI=1S/C24H25ClN2O5S/c1-4-5-22-26-24(33-17-8-6-16(29-2)7-9-17)19(12-23(28)30-3)27(22)13-15-10-20-21(11-18(15)25)32-14-31-20/h6-11H,4-5,12-14H2,1-3H3. The summed E-state index contributed by atoms with van der Waals surface area (Å²) in [5.41, 5.74) is 1.66. The number of imidazole rings is 1. The molecule has 1 aromatic heterocycles. The number of ether oxygens (including phenoxy) is 4. The second-order valence-corrected chi connectivity index (χ2v) is 8.91. The molecular formula is C24H25ClN2O5S. The lowest BCUT2D eigenvalue weighted by Crippen LogP contribution is -2.14. The van der Waals surface area contributed by atoms with Gasteiger partial charge in [0, 0.05) is 22.4 Å². The summed E-state index contributed by atoms with van der Waals surface area (Å²) in [5.74, 6) is 2.64. The fourth-order valence-corrected chi connectivity index (χ4v) is 4.74. The van der Waals surface area contributed by atoms with Gasteiger partial charge in [-0.15, -0.1) is 0 Å². The van der Waals surface area contributed by atoms with Gasteiger partial charge in [-0.1, -0.05) is 30.3 Å². The van der Waals surface area contributed by atoms with Crippen LogP contribution in [0.1, 0.15) is 30.4 Å². The number of rotatable bonds is 9. The number of nitrogens with zero attached hydrogens (tertiary/aromatic N) is 2. The van der Waals surface area contributed by atoms with Gasteiger partial charge in [0.1, 0.15) is 16.6 Å². The van der Waals surface area contributed by atoms with Crippen LogP contribution in [0.3, 0.4) is 0 Å². The zero-order valence-electron chi connectivity index (χ0n) is 18.7. The Hall–Kier alpha value is -2.84. The van der Waals surface area contributed by atoms with Crippen LogP contribution in [0.4, 0.5) is 0 Å². The van der Waals surface area contributed by atoms with E-state index in [1.54, 1.807) is 13.2 Å². The molecule has 1 aliphatic heterocycles. The maximum Gasteiger partial charge on any atom is 0.311 e. The zero-order chi connectivity index (χ0) is 23.4. The highest BCUT2D eigenvalue weighted by molar-refractivity contribution is 7.99. The molecular weight excluding hydrogens is 464 g/mol. The third-order valence-corrected chi connectivity index (χ3v) is 6.65. The number of carbonyl (C=O) groups is 1. The number of aromatic nitrogens is 2. The van der Waals surface area contributed by atoms with Gasteiger partial charge < -0.3 is 23.5 Å². The average Bonchev–Trinajstić information content (AvgIpc) is 3.39. The van der Waals surface area contributed by atoms with Crippen LogP contribution in [0.2, 0.25) is 5.02 Å². The van der Waals surface area contributed by atoms with Gasteiger partial charge in [-0.25, -0.2) is 4.98 Å². The largest absolute Gasteiger partial charge is 0.497 e. The van der Waals surface area contributed by atoms with Gasteiger partial charge >= 0.3 is 5.97 Å². The molecule has 7 nitrogen and oxygen atoms in total. The smallest absolute Gasteiger partial charge is 0.311 e. The number of carbonyl (C=O) groups excluding carboxylic acids is 1. The number of hydrogen-bond acceptors (Lipinski definition) is 7. The highest BCUT2D eigenvalue weighted by atomic mass is 35.5. The van der Waals surface area contributed by atoms with Crippen LogP contribution in [0.25, 0.3) is 0 Å². The van der Waals surface area contributed by atoms with Crippen molar-refractivity contribution >= 4 is 29.3 Å². The van der Waals surface area contributed by atoms with E-state index < -0.39 is 0 Å². The molecule has 0 unspecified atom stereocenters. The summed E-state index contributed by atoms with van der Waals surface area (Å²) in [5, 5.41) is 1.34. The minimum Gasteiger partial charge on any atom is -0.497 e. The molecule has 4 rings (SSSR count). The van der Waals surface area contributed by atoms with Gasteiger partial charge in [0.05, 0.1) is 32.9 Å². The number of benzene rings is 2. The van der Waals surface area contributed by atoms with Gasteiger partial charge in [-0.3, -0.25) is 4.79 Å².